The lowest BCUT2D eigenvalue weighted by molar-refractivity contribution is -0.118. The zero-order valence-electron chi connectivity index (χ0n) is 6.37. The van der Waals surface area contributed by atoms with Gasteiger partial charge in [0.2, 0.25) is 12.3 Å². The van der Waals surface area contributed by atoms with E-state index in [1.54, 1.807) is 13.8 Å². The van der Waals surface area contributed by atoms with Gasteiger partial charge in [-0.25, -0.2) is 0 Å². The molecule has 0 aliphatic rings. The minimum atomic E-state index is -0.119. The Morgan fingerprint density at radius 2 is 2.45 bits per heavy atom. The number of hydrogen-bond donors (Lipinski definition) is 1. The van der Waals surface area contributed by atoms with Crippen LogP contribution in [0.3, 0.4) is 0 Å². The van der Waals surface area contributed by atoms with Gasteiger partial charge in [0.25, 0.3) is 5.95 Å². The molecule has 5 heteroatoms. The molecule has 0 aromatic carbocycles. The van der Waals surface area contributed by atoms with Crippen molar-refractivity contribution in [2.45, 2.75) is 13.8 Å². The number of carbonyl (C=O) groups excluding carboxylic acids is 1. The number of amides is 1. The molecule has 5 nitrogen and oxygen atoms in total. The Bertz CT molecular complexity index is 230. The summed E-state index contributed by atoms with van der Waals surface area (Å²) in [6.07, 6.45) is 1.16. The Morgan fingerprint density at radius 3 is 2.91 bits per heavy atom. The Labute approximate surface area is 63.8 Å². The van der Waals surface area contributed by atoms with Gasteiger partial charge in [-0.3, -0.25) is 10.1 Å². The van der Waals surface area contributed by atoms with E-state index in [-0.39, 0.29) is 17.8 Å². The van der Waals surface area contributed by atoms with E-state index in [9.17, 15) is 4.79 Å². The Hall–Kier alpha value is -1.39. The number of nitrogens with zero attached hydrogens (tertiary/aromatic N) is 2. The Morgan fingerprint density at radius 1 is 1.73 bits per heavy atom. The summed E-state index contributed by atoms with van der Waals surface area (Å²) in [5, 5.41) is 5.89. The van der Waals surface area contributed by atoms with Crippen molar-refractivity contribution >= 4 is 11.9 Å². The Balaban J connectivity index is 2.50. The SMILES string of the molecule is CC(C)C(=O)Nc1ncon1. The van der Waals surface area contributed by atoms with E-state index in [0.29, 0.717) is 0 Å². The van der Waals surface area contributed by atoms with E-state index in [1.807, 2.05) is 0 Å². The van der Waals surface area contributed by atoms with Crippen LogP contribution in [0.5, 0.6) is 0 Å². The maximum atomic E-state index is 11.0. The fourth-order valence-corrected chi connectivity index (χ4v) is 0.480. The predicted molar refractivity (Wildman–Crippen MR) is 37.8 cm³/mol. The Kier molecular flexibility index (Phi) is 2.20. The van der Waals surface area contributed by atoms with Gasteiger partial charge < -0.3 is 4.52 Å². The first kappa shape index (κ1) is 7.71. The minimum absolute atomic E-state index is 0.0755. The molecule has 0 atom stereocenters. The molecule has 1 heterocycles. The molecule has 1 amide bonds. The third kappa shape index (κ3) is 2.03. The van der Waals surface area contributed by atoms with E-state index < -0.39 is 0 Å². The van der Waals surface area contributed by atoms with Gasteiger partial charge in [-0.15, -0.1) is 0 Å². The van der Waals surface area contributed by atoms with Crippen LogP contribution >= 0.6 is 0 Å². The van der Waals surface area contributed by atoms with Gasteiger partial charge in [0.15, 0.2) is 0 Å². The van der Waals surface area contributed by atoms with Crippen LogP contribution in [0, 0.1) is 5.92 Å². The van der Waals surface area contributed by atoms with Crippen molar-refractivity contribution in [3.8, 4) is 0 Å². The second-order valence-corrected chi connectivity index (χ2v) is 2.40. The van der Waals surface area contributed by atoms with Crippen LogP contribution in [-0.4, -0.2) is 16.0 Å². The van der Waals surface area contributed by atoms with Crippen molar-refractivity contribution in [2.75, 3.05) is 5.32 Å². The molecular formula is C6H9N3O2. The number of anilines is 1. The number of carbonyl (C=O) groups is 1. The summed E-state index contributed by atoms with van der Waals surface area (Å²) in [5.41, 5.74) is 0. The second kappa shape index (κ2) is 3.14. The number of nitrogens with one attached hydrogen (secondary N) is 1. The van der Waals surface area contributed by atoms with Crippen LogP contribution in [0.15, 0.2) is 10.9 Å². The number of hydrogen-bond acceptors (Lipinski definition) is 4. The minimum Gasteiger partial charge on any atom is -0.341 e. The maximum absolute atomic E-state index is 11.0. The molecule has 11 heavy (non-hydrogen) atoms. The van der Waals surface area contributed by atoms with Crippen molar-refractivity contribution in [3.63, 3.8) is 0 Å². The second-order valence-electron chi connectivity index (χ2n) is 2.40. The molecule has 1 aromatic rings. The molecule has 0 bridgehead atoms. The first-order valence-corrected chi connectivity index (χ1v) is 3.27. The molecule has 0 fully saturated rings. The lowest BCUT2D eigenvalue weighted by Crippen LogP contribution is -2.18. The molecule has 0 aliphatic heterocycles. The van der Waals surface area contributed by atoms with E-state index in [0.717, 1.165) is 6.39 Å². The topological polar surface area (TPSA) is 68.0 Å². The monoisotopic (exact) mass is 155 g/mol. The first-order chi connectivity index (χ1) is 5.20. The van der Waals surface area contributed by atoms with Crippen LogP contribution in [0.25, 0.3) is 0 Å². The van der Waals surface area contributed by atoms with Gasteiger partial charge in [0, 0.05) is 5.92 Å². The largest absolute Gasteiger partial charge is 0.341 e. The molecule has 0 saturated carbocycles. The molecule has 60 valence electrons. The van der Waals surface area contributed by atoms with Crippen LogP contribution in [0.2, 0.25) is 0 Å². The fraction of sp³-hybridized carbons (Fsp3) is 0.500. The summed E-state index contributed by atoms with van der Waals surface area (Å²) in [5.74, 6) is 0.0172. The molecule has 1 aromatic heterocycles. The van der Waals surface area contributed by atoms with E-state index in [1.165, 1.54) is 0 Å². The van der Waals surface area contributed by atoms with Gasteiger partial charge in [-0.05, 0) is 5.16 Å². The third-order valence-corrected chi connectivity index (χ3v) is 1.12. The van der Waals surface area contributed by atoms with Crippen molar-refractivity contribution in [1.82, 2.24) is 10.1 Å². The van der Waals surface area contributed by atoms with Crippen LogP contribution in [-0.2, 0) is 4.79 Å². The maximum Gasteiger partial charge on any atom is 0.269 e. The van der Waals surface area contributed by atoms with Crippen LogP contribution in [0.4, 0.5) is 5.95 Å². The average Bonchev–Trinajstić information content (AvgIpc) is 2.39. The van der Waals surface area contributed by atoms with Gasteiger partial charge in [0.1, 0.15) is 0 Å². The summed E-state index contributed by atoms with van der Waals surface area (Å²) in [6.45, 7) is 3.57. The molecule has 0 spiro atoms. The van der Waals surface area contributed by atoms with E-state index in [2.05, 4.69) is 20.0 Å². The van der Waals surface area contributed by atoms with Crippen molar-refractivity contribution in [1.29, 1.82) is 0 Å². The fourth-order valence-electron chi connectivity index (χ4n) is 0.480. The molecule has 0 unspecified atom stereocenters. The quantitative estimate of drug-likeness (QED) is 0.681. The first-order valence-electron chi connectivity index (χ1n) is 3.27. The summed E-state index contributed by atoms with van der Waals surface area (Å²) in [6, 6.07) is 0. The number of aromatic nitrogens is 2. The molecule has 0 saturated heterocycles. The summed E-state index contributed by atoms with van der Waals surface area (Å²) in [4.78, 5) is 14.6. The highest BCUT2D eigenvalue weighted by atomic mass is 16.5. The molecule has 0 radical (unpaired) electrons. The predicted octanol–water partition coefficient (Wildman–Crippen LogP) is 0.664. The summed E-state index contributed by atoms with van der Waals surface area (Å²) in [7, 11) is 0. The van der Waals surface area contributed by atoms with Crippen molar-refractivity contribution in [2.24, 2.45) is 5.92 Å². The third-order valence-electron chi connectivity index (χ3n) is 1.12. The van der Waals surface area contributed by atoms with Crippen molar-refractivity contribution < 1.29 is 9.32 Å². The summed E-state index contributed by atoms with van der Waals surface area (Å²) < 4.78 is 4.42. The lowest BCUT2D eigenvalue weighted by Gasteiger charge is -2.01. The summed E-state index contributed by atoms with van der Waals surface area (Å²) >= 11 is 0. The van der Waals surface area contributed by atoms with Crippen LogP contribution < -0.4 is 5.32 Å². The lowest BCUT2D eigenvalue weighted by atomic mass is 10.2. The zero-order valence-corrected chi connectivity index (χ0v) is 6.37. The molecule has 1 rings (SSSR count). The van der Waals surface area contributed by atoms with Gasteiger partial charge in [-0.1, -0.05) is 13.8 Å². The van der Waals surface area contributed by atoms with Crippen molar-refractivity contribution in [3.05, 3.63) is 6.39 Å². The zero-order chi connectivity index (χ0) is 8.27. The molecular weight excluding hydrogens is 146 g/mol. The normalized spacial score (nSPS) is 10.1. The van der Waals surface area contributed by atoms with Gasteiger partial charge in [0.05, 0.1) is 0 Å². The molecule has 0 aliphatic carbocycles. The van der Waals surface area contributed by atoms with Gasteiger partial charge in [-0.2, -0.15) is 4.98 Å². The average molecular weight is 155 g/mol. The van der Waals surface area contributed by atoms with Gasteiger partial charge >= 0.3 is 0 Å². The van der Waals surface area contributed by atoms with E-state index >= 15 is 0 Å². The smallest absolute Gasteiger partial charge is 0.269 e. The number of rotatable bonds is 2. The highest BCUT2D eigenvalue weighted by Gasteiger charge is 2.08. The molecule has 1 N–H and O–H groups in total. The highest BCUT2D eigenvalue weighted by molar-refractivity contribution is 5.90. The highest BCUT2D eigenvalue weighted by Crippen LogP contribution is 1.99. The van der Waals surface area contributed by atoms with E-state index in [4.69, 9.17) is 0 Å². The standard InChI is InChI=1S/C6H9N3O2/c1-4(2)5(10)8-6-7-3-11-9-6/h3-4H,1-2H3,(H,8,9,10). The van der Waals surface area contributed by atoms with Crippen LogP contribution in [0.1, 0.15) is 13.8 Å².